The molecule has 0 aliphatic carbocycles. The Morgan fingerprint density at radius 2 is 1.86 bits per heavy atom. The number of hydrogen-bond donors (Lipinski definition) is 1. The highest BCUT2D eigenvalue weighted by atomic mass is 79.9. The molecule has 0 aliphatic rings. The first-order chi connectivity index (χ1) is 9.92. The van der Waals surface area contributed by atoms with Gasteiger partial charge in [0.1, 0.15) is 17.1 Å². The van der Waals surface area contributed by atoms with Crippen LogP contribution in [0.2, 0.25) is 0 Å². The Kier molecular flexibility index (Phi) is 4.29. The Morgan fingerprint density at radius 3 is 2.38 bits per heavy atom. The van der Waals surface area contributed by atoms with E-state index in [1.165, 1.54) is 6.07 Å². The molecular weight excluding hydrogens is 334 g/mol. The fourth-order valence-corrected chi connectivity index (χ4v) is 2.38. The van der Waals surface area contributed by atoms with Crippen LogP contribution in [-0.2, 0) is 0 Å². The van der Waals surface area contributed by atoms with E-state index in [4.69, 9.17) is 10.00 Å². The zero-order valence-electron chi connectivity index (χ0n) is 11.5. The smallest absolute Gasteiger partial charge is 0.339 e. The number of nitrogens with zero attached hydrogens (tertiary/aromatic N) is 1. The van der Waals surface area contributed by atoms with Crippen LogP contribution in [0.25, 0.3) is 0 Å². The summed E-state index contributed by atoms with van der Waals surface area (Å²) in [5.41, 5.74) is 2.19. The van der Waals surface area contributed by atoms with E-state index >= 15 is 0 Å². The molecular formula is C16H12BrNO3. The minimum atomic E-state index is -1.05. The molecule has 0 atom stereocenters. The average Bonchev–Trinajstić information content (AvgIpc) is 2.42. The highest BCUT2D eigenvalue weighted by Gasteiger charge is 2.15. The number of carboxylic acid groups (broad SMARTS) is 1. The van der Waals surface area contributed by atoms with Crippen molar-refractivity contribution in [2.75, 3.05) is 0 Å². The number of aromatic carboxylic acids is 1. The maximum absolute atomic E-state index is 11.3. The molecule has 0 bridgehead atoms. The molecule has 2 rings (SSSR count). The van der Waals surface area contributed by atoms with E-state index in [9.17, 15) is 9.90 Å². The van der Waals surface area contributed by atoms with E-state index < -0.39 is 5.97 Å². The fourth-order valence-electron chi connectivity index (χ4n) is 2.04. The second-order valence-corrected chi connectivity index (χ2v) is 5.51. The van der Waals surface area contributed by atoms with Crippen LogP contribution in [0.4, 0.5) is 0 Å². The van der Waals surface area contributed by atoms with Crippen molar-refractivity contribution >= 4 is 21.9 Å². The maximum Gasteiger partial charge on any atom is 0.339 e. The van der Waals surface area contributed by atoms with Gasteiger partial charge < -0.3 is 9.84 Å². The molecule has 5 heteroatoms. The van der Waals surface area contributed by atoms with Gasteiger partial charge in [0.25, 0.3) is 0 Å². The summed E-state index contributed by atoms with van der Waals surface area (Å²) in [5, 5.41) is 18.2. The molecule has 4 nitrogen and oxygen atoms in total. The maximum atomic E-state index is 11.3. The van der Waals surface area contributed by atoms with Gasteiger partial charge in [-0.3, -0.25) is 0 Å². The summed E-state index contributed by atoms with van der Waals surface area (Å²) in [4.78, 5) is 11.3. The van der Waals surface area contributed by atoms with E-state index in [1.807, 2.05) is 13.8 Å². The van der Waals surface area contributed by atoms with Gasteiger partial charge >= 0.3 is 5.97 Å². The molecule has 0 spiro atoms. The van der Waals surface area contributed by atoms with Gasteiger partial charge in [-0.2, -0.15) is 5.26 Å². The predicted octanol–water partition coefficient (Wildman–Crippen LogP) is 4.43. The average molecular weight is 346 g/mol. The van der Waals surface area contributed by atoms with Crippen molar-refractivity contribution in [3.8, 4) is 17.6 Å². The van der Waals surface area contributed by atoms with Gasteiger partial charge in [-0.05, 0) is 55.3 Å². The molecule has 106 valence electrons. The van der Waals surface area contributed by atoms with Crippen molar-refractivity contribution < 1.29 is 14.6 Å². The van der Waals surface area contributed by atoms with Crippen LogP contribution in [-0.4, -0.2) is 11.1 Å². The van der Waals surface area contributed by atoms with Crippen LogP contribution in [0.15, 0.2) is 34.8 Å². The van der Waals surface area contributed by atoms with Crippen molar-refractivity contribution in [3.05, 3.63) is 57.1 Å². The molecule has 0 unspecified atom stereocenters. The lowest BCUT2D eigenvalue weighted by atomic mass is 10.1. The number of benzene rings is 2. The number of nitriles is 1. The molecule has 0 aliphatic heterocycles. The summed E-state index contributed by atoms with van der Waals surface area (Å²) in [6.45, 7) is 3.64. The largest absolute Gasteiger partial charge is 0.478 e. The quantitative estimate of drug-likeness (QED) is 0.893. The standard InChI is InChI=1S/C16H12BrNO3/c1-9-5-11(8-18)6-10(2)15(9)21-14-7-12(17)3-4-13(14)16(19)20/h3-7H,1-2H3,(H,19,20). The molecule has 0 aromatic heterocycles. The number of halogens is 1. The molecule has 2 aromatic carbocycles. The first kappa shape index (κ1) is 15.1. The van der Waals surface area contributed by atoms with Crippen molar-refractivity contribution in [2.45, 2.75) is 13.8 Å². The molecule has 0 radical (unpaired) electrons. The number of carbonyl (C=O) groups is 1. The van der Waals surface area contributed by atoms with E-state index in [0.717, 1.165) is 15.6 Å². The molecule has 0 saturated heterocycles. The van der Waals surface area contributed by atoms with Crippen LogP contribution >= 0.6 is 15.9 Å². The molecule has 0 amide bonds. The lowest BCUT2D eigenvalue weighted by Gasteiger charge is -2.14. The van der Waals surface area contributed by atoms with Gasteiger partial charge in [-0.15, -0.1) is 0 Å². The van der Waals surface area contributed by atoms with Gasteiger partial charge in [0.2, 0.25) is 0 Å². The van der Waals surface area contributed by atoms with Gasteiger partial charge in [0, 0.05) is 4.47 Å². The number of aryl methyl sites for hydroxylation is 2. The minimum Gasteiger partial charge on any atom is -0.478 e. The summed E-state index contributed by atoms with van der Waals surface area (Å²) >= 11 is 3.30. The van der Waals surface area contributed by atoms with Gasteiger partial charge in [0.15, 0.2) is 0 Å². The monoisotopic (exact) mass is 345 g/mol. The number of ether oxygens (including phenoxy) is 1. The lowest BCUT2D eigenvalue weighted by molar-refractivity contribution is 0.0694. The molecule has 21 heavy (non-hydrogen) atoms. The predicted molar refractivity (Wildman–Crippen MR) is 81.8 cm³/mol. The van der Waals surface area contributed by atoms with Gasteiger partial charge in [-0.1, -0.05) is 15.9 Å². The SMILES string of the molecule is Cc1cc(C#N)cc(C)c1Oc1cc(Br)ccc1C(=O)O. The van der Waals surface area contributed by atoms with E-state index in [1.54, 1.807) is 24.3 Å². The Morgan fingerprint density at radius 1 is 1.24 bits per heavy atom. The first-order valence-electron chi connectivity index (χ1n) is 6.14. The van der Waals surface area contributed by atoms with Crippen LogP contribution in [0.5, 0.6) is 11.5 Å². The summed E-state index contributed by atoms with van der Waals surface area (Å²) < 4.78 is 6.52. The molecule has 0 saturated carbocycles. The molecule has 0 heterocycles. The van der Waals surface area contributed by atoms with Crippen LogP contribution in [0.1, 0.15) is 27.0 Å². The third-order valence-corrected chi connectivity index (χ3v) is 3.47. The lowest BCUT2D eigenvalue weighted by Crippen LogP contribution is -2.01. The van der Waals surface area contributed by atoms with Crippen LogP contribution < -0.4 is 4.74 Å². The van der Waals surface area contributed by atoms with E-state index in [-0.39, 0.29) is 11.3 Å². The van der Waals surface area contributed by atoms with Gasteiger partial charge in [0.05, 0.1) is 11.6 Å². The third kappa shape index (κ3) is 3.23. The van der Waals surface area contributed by atoms with Crippen LogP contribution in [0, 0.1) is 25.2 Å². The molecule has 0 fully saturated rings. The Hall–Kier alpha value is -2.32. The highest BCUT2D eigenvalue weighted by molar-refractivity contribution is 9.10. The van der Waals surface area contributed by atoms with Crippen LogP contribution in [0.3, 0.4) is 0 Å². The minimum absolute atomic E-state index is 0.0846. The van der Waals surface area contributed by atoms with Crippen molar-refractivity contribution in [1.29, 1.82) is 5.26 Å². The Balaban J connectivity index is 2.51. The van der Waals surface area contributed by atoms with E-state index in [2.05, 4.69) is 22.0 Å². The molecule has 2 aromatic rings. The summed E-state index contributed by atoms with van der Waals surface area (Å²) in [6.07, 6.45) is 0. The molecule has 1 N–H and O–H groups in total. The van der Waals surface area contributed by atoms with E-state index in [0.29, 0.717) is 11.3 Å². The van der Waals surface area contributed by atoms with Gasteiger partial charge in [-0.25, -0.2) is 4.79 Å². The normalized spacial score (nSPS) is 10.0. The third-order valence-electron chi connectivity index (χ3n) is 2.98. The summed E-state index contributed by atoms with van der Waals surface area (Å²) in [6, 6.07) is 10.2. The second kappa shape index (κ2) is 5.98. The first-order valence-corrected chi connectivity index (χ1v) is 6.93. The zero-order chi connectivity index (χ0) is 15.6. The highest BCUT2D eigenvalue weighted by Crippen LogP contribution is 2.33. The second-order valence-electron chi connectivity index (χ2n) is 4.60. The summed E-state index contributed by atoms with van der Waals surface area (Å²) in [7, 11) is 0. The topological polar surface area (TPSA) is 70.3 Å². The Labute approximate surface area is 130 Å². The number of carboxylic acids is 1. The van der Waals surface area contributed by atoms with Crippen molar-refractivity contribution in [2.24, 2.45) is 0 Å². The Bertz CT molecular complexity index is 740. The summed E-state index contributed by atoms with van der Waals surface area (Å²) in [5.74, 6) is -0.233. The number of hydrogen-bond acceptors (Lipinski definition) is 3. The van der Waals surface area contributed by atoms with Crippen molar-refractivity contribution in [1.82, 2.24) is 0 Å². The zero-order valence-corrected chi connectivity index (χ0v) is 13.1. The van der Waals surface area contributed by atoms with Crippen molar-refractivity contribution in [3.63, 3.8) is 0 Å². The fraction of sp³-hybridized carbons (Fsp3) is 0.125. The number of rotatable bonds is 3.